The minimum atomic E-state index is -4.82. The number of benzene rings is 1. The Balaban J connectivity index is 1.88. The first-order chi connectivity index (χ1) is 14.1. The van der Waals surface area contributed by atoms with E-state index in [9.17, 15) is 26.3 Å². The molecule has 0 aliphatic heterocycles. The number of rotatable bonds is 4. The molecule has 0 spiro atoms. The number of alkyl halides is 6. The summed E-state index contributed by atoms with van der Waals surface area (Å²) in [5, 5.41) is 3.48. The van der Waals surface area contributed by atoms with E-state index in [0.29, 0.717) is 24.2 Å². The zero-order valence-electron chi connectivity index (χ0n) is 15.4. The van der Waals surface area contributed by atoms with Crippen LogP contribution in [0.4, 0.5) is 26.3 Å². The molecule has 1 fully saturated rings. The van der Waals surface area contributed by atoms with E-state index in [-0.39, 0.29) is 17.3 Å². The van der Waals surface area contributed by atoms with Crippen molar-refractivity contribution in [2.75, 3.05) is 7.11 Å². The van der Waals surface area contributed by atoms with Gasteiger partial charge in [-0.25, -0.2) is 14.6 Å². The lowest BCUT2D eigenvalue weighted by molar-refractivity contribution is -0.142. The van der Waals surface area contributed by atoms with E-state index in [1.807, 2.05) is 0 Å². The van der Waals surface area contributed by atoms with Crippen molar-refractivity contribution in [2.45, 2.75) is 31.1 Å². The van der Waals surface area contributed by atoms with Gasteiger partial charge in [0.2, 0.25) is 0 Å². The molecule has 3 aromatic rings. The number of ether oxygens (including phenoxy) is 1. The first-order valence-corrected chi connectivity index (χ1v) is 8.84. The van der Waals surface area contributed by atoms with Gasteiger partial charge in [-0.2, -0.15) is 31.4 Å². The highest BCUT2D eigenvalue weighted by molar-refractivity contribution is 5.61. The summed E-state index contributed by atoms with van der Waals surface area (Å²) in [6.07, 6.45) is -8.32. The molecule has 0 saturated heterocycles. The molecule has 158 valence electrons. The molecule has 0 bridgehead atoms. The Kier molecular flexibility index (Phi) is 4.70. The first-order valence-electron chi connectivity index (χ1n) is 8.84. The van der Waals surface area contributed by atoms with Gasteiger partial charge in [0.1, 0.15) is 5.75 Å². The Morgan fingerprint density at radius 1 is 0.900 bits per heavy atom. The van der Waals surface area contributed by atoms with Crippen LogP contribution in [0.3, 0.4) is 0 Å². The van der Waals surface area contributed by atoms with Crippen LogP contribution in [0.2, 0.25) is 0 Å². The minimum absolute atomic E-state index is 0.0965. The van der Waals surface area contributed by atoms with Crippen LogP contribution in [0.1, 0.15) is 35.8 Å². The van der Waals surface area contributed by atoms with E-state index in [1.165, 1.54) is 31.4 Å². The molecule has 1 saturated carbocycles. The van der Waals surface area contributed by atoms with Crippen LogP contribution in [0.5, 0.6) is 5.75 Å². The molecule has 11 heteroatoms. The van der Waals surface area contributed by atoms with Crippen molar-refractivity contribution in [3.05, 3.63) is 53.5 Å². The summed E-state index contributed by atoms with van der Waals surface area (Å²) in [4.78, 5) is 7.56. The average Bonchev–Trinajstić information content (AvgIpc) is 3.43. The Morgan fingerprint density at radius 2 is 1.53 bits per heavy atom. The lowest BCUT2D eigenvalue weighted by atomic mass is 10.1. The van der Waals surface area contributed by atoms with E-state index in [1.54, 1.807) is 0 Å². The highest BCUT2D eigenvalue weighted by Crippen LogP contribution is 2.43. The first kappa shape index (κ1) is 20.2. The van der Waals surface area contributed by atoms with Crippen LogP contribution in [-0.2, 0) is 12.4 Å². The molecule has 5 nitrogen and oxygen atoms in total. The Labute approximate surface area is 166 Å². The van der Waals surface area contributed by atoms with Gasteiger partial charge in [0.05, 0.1) is 18.5 Å². The smallest absolute Gasteiger partial charge is 0.435 e. The van der Waals surface area contributed by atoms with Gasteiger partial charge < -0.3 is 4.74 Å². The summed E-state index contributed by atoms with van der Waals surface area (Å²) in [6.45, 7) is 0. The van der Waals surface area contributed by atoms with Gasteiger partial charge in [0.15, 0.2) is 11.4 Å². The highest BCUT2D eigenvalue weighted by atomic mass is 19.4. The standard InChI is InChI=1S/C19H14F6N4O/c1-30-12-6-4-10(5-7-12)13-8-15(18(20,21)22)27-17(26-13)29-14(11-2-3-11)9-16(28-29)19(23,24)25/h4-9,11H,2-3H2,1H3. The SMILES string of the molecule is COc1ccc(-c2cc(C(F)(F)F)nc(-n3nc(C(F)(F)F)cc3C3CC3)n2)cc1. The van der Waals surface area contributed by atoms with Crippen molar-refractivity contribution < 1.29 is 31.1 Å². The molecule has 2 heterocycles. The molecule has 1 aliphatic rings. The summed E-state index contributed by atoms with van der Waals surface area (Å²) in [5.41, 5.74) is -2.11. The van der Waals surface area contributed by atoms with Gasteiger partial charge in [-0.3, -0.25) is 0 Å². The normalized spacial score (nSPS) is 14.8. The van der Waals surface area contributed by atoms with E-state index < -0.39 is 29.7 Å². The molecule has 1 aromatic carbocycles. The second-order valence-electron chi connectivity index (χ2n) is 6.80. The third kappa shape index (κ3) is 3.96. The van der Waals surface area contributed by atoms with Crippen LogP contribution in [0, 0.1) is 0 Å². The number of methoxy groups -OCH3 is 1. The van der Waals surface area contributed by atoms with E-state index in [2.05, 4.69) is 15.1 Å². The second kappa shape index (κ2) is 6.99. The fraction of sp³-hybridized carbons (Fsp3) is 0.316. The number of hydrogen-bond donors (Lipinski definition) is 0. The summed E-state index contributed by atoms with van der Waals surface area (Å²) < 4.78 is 85.6. The summed E-state index contributed by atoms with van der Waals surface area (Å²) in [7, 11) is 1.44. The van der Waals surface area contributed by atoms with Crippen LogP contribution >= 0.6 is 0 Å². The fourth-order valence-electron chi connectivity index (χ4n) is 2.95. The van der Waals surface area contributed by atoms with Crippen LogP contribution in [0.25, 0.3) is 17.2 Å². The van der Waals surface area contributed by atoms with Crippen molar-refractivity contribution in [3.63, 3.8) is 0 Å². The molecule has 2 aromatic heterocycles. The molecule has 0 radical (unpaired) electrons. The fourth-order valence-corrected chi connectivity index (χ4v) is 2.95. The average molecular weight is 428 g/mol. The van der Waals surface area contributed by atoms with Gasteiger partial charge >= 0.3 is 12.4 Å². The molecule has 0 amide bonds. The molecular formula is C19H14F6N4O. The van der Waals surface area contributed by atoms with E-state index in [0.717, 1.165) is 16.8 Å². The zero-order chi connectivity index (χ0) is 21.7. The molecule has 4 rings (SSSR count). The van der Waals surface area contributed by atoms with Crippen molar-refractivity contribution in [3.8, 4) is 23.0 Å². The van der Waals surface area contributed by atoms with Gasteiger partial charge in [-0.15, -0.1) is 0 Å². The number of nitrogens with zero attached hydrogens (tertiary/aromatic N) is 4. The van der Waals surface area contributed by atoms with Gasteiger partial charge in [-0.05, 0) is 49.2 Å². The lowest BCUT2D eigenvalue weighted by Gasteiger charge is -2.12. The third-order valence-corrected chi connectivity index (χ3v) is 4.60. The minimum Gasteiger partial charge on any atom is -0.497 e. The van der Waals surface area contributed by atoms with Gasteiger partial charge in [0, 0.05) is 11.5 Å². The van der Waals surface area contributed by atoms with Crippen molar-refractivity contribution in [1.29, 1.82) is 0 Å². The van der Waals surface area contributed by atoms with E-state index >= 15 is 0 Å². The number of hydrogen-bond acceptors (Lipinski definition) is 4. The summed E-state index contributed by atoms with van der Waals surface area (Å²) >= 11 is 0. The molecule has 0 atom stereocenters. The predicted molar refractivity (Wildman–Crippen MR) is 93.1 cm³/mol. The second-order valence-corrected chi connectivity index (χ2v) is 6.80. The van der Waals surface area contributed by atoms with Crippen LogP contribution < -0.4 is 4.74 Å². The van der Waals surface area contributed by atoms with Gasteiger partial charge in [-0.1, -0.05) is 0 Å². The third-order valence-electron chi connectivity index (χ3n) is 4.60. The highest BCUT2D eigenvalue weighted by Gasteiger charge is 2.39. The van der Waals surface area contributed by atoms with Crippen LogP contribution in [-0.4, -0.2) is 26.9 Å². The van der Waals surface area contributed by atoms with Crippen molar-refractivity contribution >= 4 is 0 Å². The Morgan fingerprint density at radius 3 is 2.07 bits per heavy atom. The number of aromatic nitrogens is 4. The topological polar surface area (TPSA) is 52.8 Å². The monoisotopic (exact) mass is 428 g/mol. The maximum absolute atomic E-state index is 13.4. The maximum atomic E-state index is 13.4. The van der Waals surface area contributed by atoms with Crippen molar-refractivity contribution in [2.24, 2.45) is 0 Å². The van der Waals surface area contributed by atoms with Gasteiger partial charge in [0.25, 0.3) is 5.95 Å². The summed E-state index contributed by atoms with van der Waals surface area (Å²) in [5.74, 6) is -0.300. The van der Waals surface area contributed by atoms with Crippen molar-refractivity contribution in [1.82, 2.24) is 19.7 Å². The molecule has 0 unspecified atom stereocenters. The predicted octanol–water partition coefficient (Wildman–Crippen LogP) is 5.25. The Bertz CT molecular complexity index is 1070. The summed E-state index contributed by atoms with van der Waals surface area (Å²) in [6, 6.07) is 7.66. The molecule has 1 aliphatic carbocycles. The maximum Gasteiger partial charge on any atom is 0.435 e. The quantitative estimate of drug-likeness (QED) is 0.533. The molecule has 30 heavy (non-hydrogen) atoms. The molecular weight excluding hydrogens is 414 g/mol. The van der Waals surface area contributed by atoms with Crippen LogP contribution in [0.15, 0.2) is 36.4 Å². The lowest BCUT2D eigenvalue weighted by Crippen LogP contribution is -2.15. The zero-order valence-corrected chi connectivity index (χ0v) is 15.4. The number of halogens is 6. The Hall–Kier alpha value is -3.11. The largest absolute Gasteiger partial charge is 0.497 e. The van der Waals surface area contributed by atoms with E-state index in [4.69, 9.17) is 4.74 Å². The molecule has 0 N–H and O–H groups in total.